The average molecular weight is 407 g/mol. The topological polar surface area (TPSA) is 63.9 Å². The number of hydrogen-bond acceptors (Lipinski definition) is 4. The van der Waals surface area contributed by atoms with Crippen molar-refractivity contribution in [2.45, 2.75) is 38.6 Å². The van der Waals surface area contributed by atoms with Crippen LogP contribution in [0.4, 0.5) is 4.39 Å². The van der Waals surface area contributed by atoms with Crippen molar-refractivity contribution < 1.29 is 9.18 Å². The van der Waals surface area contributed by atoms with Crippen molar-refractivity contribution in [1.82, 2.24) is 25.1 Å². The quantitative estimate of drug-likeness (QED) is 0.628. The predicted octanol–water partition coefficient (Wildman–Crippen LogP) is 3.39. The number of carbonyl (C=O) groups is 1. The Morgan fingerprint density at radius 2 is 1.83 bits per heavy atom. The van der Waals surface area contributed by atoms with Gasteiger partial charge >= 0.3 is 0 Å². The summed E-state index contributed by atoms with van der Waals surface area (Å²) in [5.74, 6) is 0.832. The van der Waals surface area contributed by atoms with Gasteiger partial charge in [0.1, 0.15) is 17.7 Å². The molecule has 2 heterocycles. The fourth-order valence-electron chi connectivity index (χ4n) is 4.21. The third kappa shape index (κ3) is 4.72. The number of amides is 1. The van der Waals surface area contributed by atoms with E-state index >= 15 is 0 Å². The van der Waals surface area contributed by atoms with Crippen molar-refractivity contribution in [3.05, 3.63) is 77.4 Å². The zero-order valence-electron chi connectivity index (χ0n) is 17.1. The highest BCUT2D eigenvalue weighted by Gasteiger charge is 2.31. The molecule has 1 aliphatic rings. The molecule has 1 aromatic heterocycles. The molecule has 0 aliphatic carbocycles. The number of hydrogen-bond donors (Lipinski definition) is 0. The Bertz CT molecular complexity index is 982. The molecule has 1 aliphatic heterocycles. The number of rotatable bonds is 6. The molecular weight excluding hydrogens is 381 g/mol. The van der Waals surface area contributed by atoms with Crippen molar-refractivity contribution in [3.63, 3.8) is 0 Å². The summed E-state index contributed by atoms with van der Waals surface area (Å²) in [4.78, 5) is 15.3. The molecule has 1 amide bonds. The minimum atomic E-state index is -0.576. The van der Waals surface area contributed by atoms with Crippen LogP contribution in [0.15, 0.2) is 54.6 Å². The Morgan fingerprint density at radius 1 is 1.10 bits per heavy atom. The Morgan fingerprint density at radius 3 is 2.50 bits per heavy atom. The number of likely N-dealkylation sites (tertiary alicyclic amines) is 1. The zero-order valence-corrected chi connectivity index (χ0v) is 17.1. The molecule has 2 aromatic carbocycles. The van der Waals surface area contributed by atoms with Gasteiger partial charge in [-0.05, 0) is 65.8 Å². The second-order valence-electron chi connectivity index (χ2n) is 7.98. The van der Waals surface area contributed by atoms with Gasteiger partial charge in [-0.3, -0.25) is 4.79 Å². The maximum Gasteiger partial charge on any atom is 0.247 e. The van der Waals surface area contributed by atoms with Crippen LogP contribution in [-0.2, 0) is 17.6 Å². The summed E-state index contributed by atoms with van der Waals surface area (Å²) in [6, 6.07) is 16.3. The first-order valence-corrected chi connectivity index (χ1v) is 10.4. The van der Waals surface area contributed by atoms with Gasteiger partial charge in [0.15, 0.2) is 0 Å². The van der Waals surface area contributed by atoms with E-state index in [1.807, 2.05) is 17.0 Å². The van der Waals surface area contributed by atoms with Gasteiger partial charge in [0.25, 0.3) is 0 Å². The molecule has 0 radical (unpaired) electrons. The van der Waals surface area contributed by atoms with Gasteiger partial charge in [0.2, 0.25) is 5.91 Å². The second kappa shape index (κ2) is 9.15. The monoisotopic (exact) mass is 407 g/mol. The van der Waals surface area contributed by atoms with E-state index in [0.29, 0.717) is 18.2 Å². The van der Waals surface area contributed by atoms with Crippen molar-refractivity contribution >= 4 is 5.91 Å². The molecular formula is C23H26FN5O. The summed E-state index contributed by atoms with van der Waals surface area (Å²) in [5, 5.41) is 11.7. The van der Waals surface area contributed by atoms with Crippen molar-refractivity contribution in [2.24, 2.45) is 5.92 Å². The number of halogens is 1. The largest absolute Gasteiger partial charge is 0.341 e. The normalized spacial score (nSPS) is 15.9. The molecule has 6 nitrogen and oxygen atoms in total. The summed E-state index contributed by atoms with van der Waals surface area (Å²) >= 11 is 0. The van der Waals surface area contributed by atoms with E-state index in [9.17, 15) is 9.18 Å². The van der Waals surface area contributed by atoms with Crippen LogP contribution < -0.4 is 0 Å². The Balaban J connectivity index is 1.45. The summed E-state index contributed by atoms with van der Waals surface area (Å²) in [6.45, 7) is 3.21. The standard InChI is InChI=1S/C23H26FN5O/c1-17-25-26-27-29(17)22(16-20-8-5-9-21(24)15-20)23(30)28-12-10-19(11-13-28)14-18-6-3-2-4-7-18/h2-9,15,19,22H,10-14,16H2,1H3/t22-/m0/s1. The summed E-state index contributed by atoms with van der Waals surface area (Å²) in [6.07, 6.45) is 3.35. The lowest BCUT2D eigenvalue weighted by atomic mass is 9.90. The summed E-state index contributed by atoms with van der Waals surface area (Å²) < 4.78 is 15.2. The van der Waals surface area contributed by atoms with Crippen LogP contribution in [0.1, 0.15) is 35.8 Å². The molecule has 30 heavy (non-hydrogen) atoms. The van der Waals surface area contributed by atoms with Gasteiger partial charge in [-0.2, -0.15) is 0 Å². The van der Waals surface area contributed by atoms with Gasteiger partial charge in [0, 0.05) is 19.5 Å². The molecule has 156 valence electrons. The smallest absolute Gasteiger partial charge is 0.247 e. The van der Waals surface area contributed by atoms with E-state index in [4.69, 9.17) is 0 Å². The van der Waals surface area contributed by atoms with Crippen LogP contribution in [0.5, 0.6) is 0 Å². The summed E-state index contributed by atoms with van der Waals surface area (Å²) in [7, 11) is 0. The Labute approximate surface area is 175 Å². The molecule has 7 heteroatoms. The molecule has 4 rings (SSSR count). The maximum atomic E-state index is 13.7. The van der Waals surface area contributed by atoms with E-state index in [2.05, 4.69) is 39.8 Å². The number of tetrazole rings is 1. The highest BCUT2D eigenvalue weighted by molar-refractivity contribution is 5.80. The molecule has 0 saturated carbocycles. The van der Waals surface area contributed by atoms with Gasteiger partial charge in [0.05, 0.1) is 0 Å². The first kappa shape index (κ1) is 20.2. The van der Waals surface area contributed by atoms with Crippen LogP contribution >= 0.6 is 0 Å². The molecule has 0 spiro atoms. The van der Waals surface area contributed by atoms with Gasteiger partial charge in [-0.25, -0.2) is 9.07 Å². The molecule has 0 N–H and O–H groups in total. The van der Waals surface area contributed by atoms with Gasteiger partial charge in [-0.15, -0.1) is 5.10 Å². The average Bonchev–Trinajstić information content (AvgIpc) is 3.18. The predicted molar refractivity (Wildman–Crippen MR) is 111 cm³/mol. The Kier molecular flexibility index (Phi) is 6.16. The fourth-order valence-corrected chi connectivity index (χ4v) is 4.21. The molecule has 1 saturated heterocycles. The minimum Gasteiger partial charge on any atom is -0.341 e. The minimum absolute atomic E-state index is 0.00665. The second-order valence-corrected chi connectivity index (χ2v) is 7.98. The molecule has 0 bridgehead atoms. The fraction of sp³-hybridized carbons (Fsp3) is 0.391. The van der Waals surface area contributed by atoms with Crippen LogP contribution in [0, 0.1) is 18.7 Å². The molecule has 1 atom stereocenters. The van der Waals surface area contributed by atoms with Crippen LogP contribution in [-0.4, -0.2) is 44.1 Å². The van der Waals surface area contributed by atoms with E-state index < -0.39 is 6.04 Å². The molecule has 1 fully saturated rings. The maximum absolute atomic E-state index is 13.7. The Hall–Kier alpha value is -3.09. The lowest BCUT2D eigenvalue weighted by Crippen LogP contribution is -2.43. The zero-order chi connectivity index (χ0) is 20.9. The lowest BCUT2D eigenvalue weighted by Gasteiger charge is -2.34. The van der Waals surface area contributed by atoms with E-state index in [1.165, 1.54) is 17.7 Å². The van der Waals surface area contributed by atoms with Crippen LogP contribution in [0.3, 0.4) is 0 Å². The number of nitrogens with zero attached hydrogens (tertiary/aromatic N) is 5. The highest BCUT2D eigenvalue weighted by atomic mass is 19.1. The van der Waals surface area contributed by atoms with E-state index in [1.54, 1.807) is 17.7 Å². The van der Waals surface area contributed by atoms with E-state index in [0.717, 1.165) is 37.9 Å². The van der Waals surface area contributed by atoms with Crippen molar-refractivity contribution in [3.8, 4) is 0 Å². The third-order valence-corrected chi connectivity index (χ3v) is 5.85. The third-order valence-electron chi connectivity index (χ3n) is 5.85. The van der Waals surface area contributed by atoms with Gasteiger partial charge < -0.3 is 4.90 Å². The van der Waals surface area contributed by atoms with Crippen molar-refractivity contribution in [1.29, 1.82) is 0 Å². The SMILES string of the molecule is Cc1nnnn1[C@@H](Cc1cccc(F)c1)C(=O)N1CCC(Cc2ccccc2)CC1. The molecule has 0 unspecified atom stereocenters. The highest BCUT2D eigenvalue weighted by Crippen LogP contribution is 2.25. The lowest BCUT2D eigenvalue weighted by molar-refractivity contribution is -0.136. The number of piperidine rings is 1. The number of benzene rings is 2. The number of aromatic nitrogens is 4. The van der Waals surface area contributed by atoms with E-state index in [-0.39, 0.29) is 11.7 Å². The van der Waals surface area contributed by atoms with Crippen LogP contribution in [0.25, 0.3) is 0 Å². The van der Waals surface area contributed by atoms with Gasteiger partial charge in [-0.1, -0.05) is 42.5 Å². The van der Waals surface area contributed by atoms with Crippen LogP contribution in [0.2, 0.25) is 0 Å². The number of carbonyl (C=O) groups excluding carboxylic acids is 1. The summed E-state index contributed by atoms with van der Waals surface area (Å²) in [5.41, 5.74) is 2.10. The first-order valence-electron chi connectivity index (χ1n) is 10.4. The molecule has 3 aromatic rings. The first-order chi connectivity index (χ1) is 14.6. The number of aryl methyl sites for hydroxylation is 1. The van der Waals surface area contributed by atoms with Crippen molar-refractivity contribution in [2.75, 3.05) is 13.1 Å².